The number of hydrogen-bond donors (Lipinski definition) is 1. The van der Waals surface area contributed by atoms with Crippen LogP contribution in [0.2, 0.25) is 5.02 Å². The van der Waals surface area contributed by atoms with Gasteiger partial charge in [-0.05, 0) is 87.6 Å². The number of likely N-dealkylation sites (tertiary alicyclic amines) is 1. The predicted molar refractivity (Wildman–Crippen MR) is 138 cm³/mol. The van der Waals surface area contributed by atoms with Gasteiger partial charge in [0.2, 0.25) is 5.02 Å². The maximum Gasteiger partial charge on any atom is 0.275 e. The van der Waals surface area contributed by atoms with Gasteiger partial charge in [-0.3, -0.25) is 4.79 Å². The van der Waals surface area contributed by atoms with Crippen LogP contribution in [0.1, 0.15) is 37.2 Å². The smallest absolute Gasteiger partial charge is 0.275 e. The predicted octanol–water partition coefficient (Wildman–Crippen LogP) is 3.95. The van der Waals surface area contributed by atoms with Crippen LogP contribution in [0, 0.1) is 11.6 Å². The zero-order valence-electron chi connectivity index (χ0n) is 20.1. The standard InChI is InChI=1S/C28H34ClN4O2/c29-23-7-5-21(6-8-23)22-11-17-31(18-12-22)14-3-16-33-25-10-9-24(35-19-2-13-30)20-27(25)32-15-1-4-26(32)28(33)34/h1,4-10,15,20,22,29H,2-3,11-14,16-19,30H2/q+1. The molecule has 2 N–H and O–H groups in total. The average molecular weight is 494 g/mol. The Morgan fingerprint density at radius 1 is 0.943 bits per heavy atom. The maximum atomic E-state index is 13.3. The minimum absolute atomic E-state index is 0.0585. The Morgan fingerprint density at radius 2 is 1.74 bits per heavy atom. The van der Waals surface area contributed by atoms with Crippen molar-refractivity contribution in [2.75, 3.05) is 32.8 Å². The molecule has 0 aliphatic carbocycles. The van der Waals surface area contributed by atoms with Crippen LogP contribution in [0.5, 0.6) is 5.75 Å². The molecule has 35 heavy (non-hydrogen) atoms. The summed E-state index contributed by atoms with van der Waals surface area (Å²) in [6, 6.07) is 18.3. The van der Waals surface area contributed by atoms with E-state index in [0.717, 1.165) is 54.3 Å². The lowest BCUT2D eigenvalue weighted by atomic mass is 9.89. The van der Waals surface area contributed by atoms with Crippen molar-refractivity contribution in [3.05, 3.63) is 81.7 Å². The minimum Gasteiger partial charge on any atom is -0.493 e. The summed E-state index contributed by atoms with van der Waals surface area (Å²) in [5.74, 6) is 1.42. The number of rotatable bonds is 9. The highest BCUT2D eigenvalue weighted by Crippen LogP contribution is 2.28. The maximum absolute atomic E-state index is 13.3. The SMILES string of the molecule is NCCCOc1ccc2c(c1)n1cccc1c(=O)n2CCCN1CCC(c2ccc([ClH+])cc2)CC1. The van der Waals surface area contributed by atoms with Crippen molar-refractivity contribution in [2.24, 2.45) is 5.73 Å². The Kier molecular flexibility index (Phi) is 7.42. The van der Waals surface area contributed by atoms with Gasteiger partial charge in [0.1, 0.15) is 11.3 Å². The molecule has 0 atom stereocenters. The number of ether oxygens (including phenoxy) is 1. The molecule has 2 aromatic heterocycles. The van der Waals surface area contributed by atoms with Gasteiger partial charge in [-0.2, -0.15) is 0 Å². The van der Waals surface area contributed by atoms with E-state index in [0.29, 0.717) is 31.1 Å². The van der Waals surface area contributed by atoms with Gasteiger partial charge in [-0.25, -0.2) is 0 Å². The highest BCUT2D eigenvalue weighted by Gasteiger charge is 2.21. The van der Waals surface area contributed by atoms with Crippen LogP contribution in [0.4, 0.5) is 0 Å². The third kappa shape index (κ3) is 5.25. The number of benzene rings is 2. The number of aromatic nitrogens is 2. The summed E-state index contributed by atoms with van der Waals surface area (Å²) in [4.78, 5) is 15.8. The Labute approximate surface area is 210 Å². The molecule has 184 valence electrons. The highest BCUT2D eigenvalue weighted by atomic mass is 35.5. The first kappa shape index (κ1) is 23.9. The lowest BCUT2D eigenvalue weighted by Crippen LogP contribution is -2.34. The van der Waals surface area contributed by atoms with Crippen molar-refractivity contribution >= 4 is 16.6 Å². The van der Waals surface area contributed by atoms with Crippen LogP contribution in [0.15, 0.2) is 65.6 Å². The molecular weight excluding hydrogens is 460 g/mol. The molecule has 1 saturated heterocycles. The first-order valence-corrected chi connectivity index (χ1v) is 13.0. The lowest BCUT2D eigenvalue weighted by Gasteiger charge is -2.32. The number of fused-ring (bicyclic) bond motifs is 3. The lowest BCUT2D eigenvalue weighted by molar-refractivity contribution is -0.288. The Balaban J connectivity index is 1.26. The van der Waals surface area contributed by atoms with E-state index in [4.69, 9.17) is 22.1 Å². The van der Waals surface area contributed by atoms with Gasteiger partial charge in [-0.15, -0.1) is 0 Å². The van der Waals surface area contributed by atoms with Crippen molar-refractivity contribution < 1.29 is 16.3 Å². The summed E-state index contributed by atoms with van der Waals surface area (Å²) in [5.41, 5.74) is 9.68. The van der Waals surface area contributed by atoms with Gasteiger partial charge in [0, 0.05) is 30.9 Å². The molecule has 6 nitrogen and oxygen atoms in total. The van der Waals surface area contributed by atoms with E-state index >= 15 is 0 Å². The molecule has 1 aliphatic rings. The van der Waals surface area contributed by atoms with Crippen LogP contribution in [-0.2, 0) is 6.54 Å². The van der Waals surface area contributed by atoms with Crippen LogP contribution in [-0.4, -0.2) is 46.7 Å². The van der Waals surface area contributed by atoms with E-state index < -0.39 is 0 Å². The Hall–Kier alpha value is -2.80. The zero-order valence-corrected chi connectivity index (χ0v) is 20.9. The van der Waals surface area contributed by atoms with Crippen LogP contribution >= 0.6 is 0 Å². The molecule has 1 fully saturated rings. The summed E-state index contributed by atoms with van der Waals surface area (Å²) in [5, 5.41) is 0.905. The van der Waals surface area contributed by atoms with Gasteiger partial charge in [0.25, 0.3) is 5.56 Å². The third-order valence-electron chi connectivity index (χ3n) is 7.12. The molecule has 2 aromatic carbocycles. The monoisotopic (exact) mass is 493 g/mol. The van der Waals surface area contributed by atoms with Gasteiger partial charge in [-0.1, -0.05) is 12.1 Å². The van der Waals surface area contributed by atoms with Crippen molar-refractivity contribution in [2.45, 2.75) is 38.1 Å². The second-order valence-corrected chi connectivity index (χ2v) is 9.87. The van der Waals surface area contributed by atoms with Gasteiger partial charge >= 0.3 is 0 Å². The molecular formula is C28H34ClN4O2+. The highest BCUT2D eigenvalue weighted by molar-refractivity contribution is 5.80. The van der Waals surface area contributed by atoms with E-state index in [1.54, 1.807) is 0 Å². The second kappa shape index (κ2) is 10.9. The molecule has 1 aliphatic heterocycles. The number of aryl methyl sites for hydroxylation is 1. The summed E-state index contributed by atoms with van der Waals surface area (Å²) < 4.78 is 9.76. The molecule has 0 unspecified atom stereocenters. The summed E-state index contributed by atoms with van der Waals surface area (Å²) >= 11 is 5.22. The molecule has 0 saturated carbocycles. The number of halogens is 1. The Morgan fingerprint density at radius 3 is 2.51 bits per heavy atom. The largest absolute Gasteiger partial charge is 0.493 e. The van der Waals surface area contributed by atoms with Crippen molar-refractivity contribution in [3.8, 4) is 5.75 Å². The zero-order chi connectivity index (χ0) is 24.2. The number of hydrogen-bond acceptors (Lipinski definition) is 4. The molecule has 0 amide bonds. The minimum atomic E-state index is 0.0585. The quantitative estimate of drug-likeness (QED) is 0.359. The summed E-state index contributed by atoms with van der Waals surface area (Å²) in [7, 11) is 0. The summed E-state index contributed by atoms with van der Waals surface area (Å²) in [6.45, 7) is 5.08. The number of nitrogens with two attached hydrogens (primary N) is 1. The molecule has 0 radical (unpaired) electrons. The van der Waals surface area contributed by atoms with E-state index in [2.05, 4.69) is 17.0 Å². The fourth-order valence-electron chi connectivity index (χ4n) is 5.20. The first-order chi connectivity index (χ1) is 17.1. The Bertz CT molecular complexity index is 1340. The van der Waals surface area contributed by atoms with Crippen LogP contribution in [0.3, 0.4) is 0 Å². The molecule has 7 heteroatoms. The molecule has 0 bridgehead atoms. The number of piperidine rings is 1. The fraction of sp³-hybridized carbons (Fsp3) is 0.393. The van der Waals surface area contributed by atoms with Gasteiger partial charge < -0.3 is 24.3 Å². The van der Waals surface area contributed by atoms with Gasteiger partial charge in [0.05, 0.1) is 17.6 Å². The van der Waals surface area contributed by atoms with Crippen molar-refractivity contribution in [1.82, 2.24) is 13.9 Å². The van der Waals surface area contributed by atoms with Crippen LogP contribution in [0.25, 0.3) is 16.6 Å². The van der Waals surface area contributed by atoms with E-state index in [-0.39, 0.29) is 5.56 Å². The molecule has 0 spiro atoms. The van der Waals surface area contributed by atoms with Gasteiger partial charge in [0.15, 0.2) is 11.6 Å². The fourth-order valence-corrected chi connectivity index (χ4v) is 5.34. The average Bonchev–Trinajstić information content (AvgIpc) is 3.38. The van der Waals surface area contributed by atoms with E-state index in [9.17, 15) is 4.79 Å². The number of nitrogens with zero attached hydrogens (tertiary/aromatic N) is 3. The summed E-state index contributed by atoms with van der Waals surface area (Å²) in [6.07, 6.45) is 6.04. The molecule has 3 heterocycles. The van der Waals surface area contributed by atoms with Crippen LogP contribution < -0.4 is 16.0 Å². The third-order valence-corrected chi connectivity index (χ3v) is 7.39. The van der Waals surface area contributed by atoms with Crippen molar-refractivity contribution in [3.63, 3.8) is 0 Å². The van der Waals surface area contributed by atoms with E-state index in [1.807, 2.05) is 57.6 Å². The second-order valence-electron chi connectivity index (χ2n) is 9.40. The first-order valence-electron chi connectivity index (χ1n) is 12.6. The van der Waals surface area contributed by atoms with E-state index in [1.165, 1.54) is 18.4 Å². The topological polar surface area (TPSA) is 64.9 Å². The van der Waals surface area contributed by atoms with Crippen molar-refractivity contribution in [1.29, 1.82) is 0 Å². The molecule has 5 rings (SSSR count). The normalized spacial score (nSPS) is 15.3. The molecule has 4 aromatic rings.